The Morgan fingerprint density at radius 1 is 1.16 bits per heavy atom. The molecule has 1 aromatic rings. The predicted octanol–water partition coefficient (Wildman–Crippen LogP) is 2.64. The maximum Gasteiger partial charge on any atom is 0.303 e. The van der Waals surface area contributed by atoms with Crippen molar-refractivity contribution in [1.82, 2.24) is 5.32 Å². The van der Waals surface area contributed by atoms with E-state index in [1.54, 1.807) is 6.07 Å². The lowest BCUT2D eigenvalue weighted by molar-refractivity contribution is -0.137. The van der Waals surface area contributed by atoms with Gasteiger partial charge < -0.3 is 10.4 Å². The maximum atomic E-state index is 11.6. The summed E-state index contributed by atoms with van der Waals surface area (Å²) in [7, 11) is 0. The molecule has 0 aromatic heterocycles. The zero-order chi connectivity index (χ0) is 14.1. The molecule has 0 aliphatic rings. The van der Waals surface area contributed by atoms with E-state index in [4.69, 9.17) is 16.7 Å². The zero-order valence-electron chi connectivity index (χ0n) is 10.7. The molecular weight excluding hydrogens is 266 g/mol. The first-order chi connectivity index (χ1) is 9.09. The summed E-state index contributed by atoms with van der Waals surface area (Å²) in [6.07, 6.45) is 2.71. The molecule has 0 radical (unpaired) electrons. The third kappa shape index (κ3) is 6.82. The summed E-state index contributed by atoms with van der Waals surface area (Å²) in [5, 5.41) is 11.9. The van der Waals surface area contributed by atoms with Crippen molar-refractivity contribution in [2.45, 2.75) is 32.1 Å². The van der Waals surface area contributed by atoms with Crippen LogP contribution in [0.5, 0.6) is 0 Å². The highest BCUT2D eigenvalue weighted by Crippen LogP contribution is 2.15. The van der Waals surface area contributed by atoms with Crippen molar-refractivity contribution in [1.29, 1.82) is 0 Å². The molecule has 0 saturated heterocycles. The predicted molar refractivity (Wildman–Crippen MR) is 74.3 cm³/mol. The van der Waals surface area contributed by atoms with E-state index in [1.807, 2.05) is 18.2 Å². The lowest BCUT2D eigenvalue weighted by Gasteiger charge is -2.06. The van der Waals surface area contributed by atoms with Crippen LogP contribution in [0.3, 0.4) is 0 Å². The molecule has 0 bridgehead atoms. The van der Waals surface area contributed by atoms with E-state index < -0.39 is 5.97 Å². The number of aliphatic carboxylic acids is 1. The minimum Gasteiger partial charge on any atom is -0.481 e. The number of amides is 1. The third-order valence-corrected chi connectivity index (χ3v) is 3.07. The topological polar surface area (TPSA) is 66.4 Å². The van der Waals surface area contributed by atoms with Gasteiger partial charge in [-0.2, -0.15) is 0 Å². The number of carbonyl (C=O) groups excluding carboxylic acids is 1. The van der Waals surface area contributed by atoms with E-state index in [-0.39, 0.29) is 18.7 Å². The summed E-state index contributed by atoms with van der Waals surface area (Å²) in [5.41, 5.74) is 0.813. The van der Waals surface area contributed by atoms with Gasteiger partial charge in [0, 0.05) is 18.0 Å². The molecule has 5 heteroatoms. The number of unbranched alkanes of at least 4 members (excludes halogenated alkanes) is 2. The summed E-state index contributed by atoms with van der Waals surface area (Å²) in [5.74, 6) is -0.839. The Kier molecular flexibility index (Phi) is 6.97. The molecule has 0 saturated carbocycles. The fourth-order valence-corrected chi connectivity index (χ4v) is 1.89. The summed E-state index contributed by atoms with van der Waals surface area (Å²) in [6.45, 7) is 0.572. The second kappa shape index (κ2) is 8.53. The molecule has 0 aliphatic heterocycles. The first kappa shape index (κ1) is 15.5. The van der Waals surface area contributed by atoms with E-state index in [1.165, 1.54) is 0 Å². The van der Waals surface area contributed by atoms with Crippen LogP contribution in [0.15, 0.2) is 24.3 Å². The average molecular weight is 284 g/mol. The van der Waals surface area contributed by atoms with Gasteiger partial charge in [0.25, 0.3) is 0 Å². The second-order valence-electron chi connectivity index (χ2n) is 4.32. The number of benzene rings is 1. The quantitative estimate of drug-likeness (QED) is 0.721. The summed E-state index contributed by atoms with van der Waals surface area (Å²) < 4.78 is 0. The number of carbonyl (C=O) groups is 2. The van der Waals surface area contributed by atoms with Gasteiger partial charge in [-0.15, -0.1) is 0 Å². The molecule has 0 unspecified atom stereocenters. The van der Waals surface area contributed by atoms with Crippen molar-refractivity contribution in [2.75, 3.05) is 6.54 Å². The number of nitrogens with one attached hydrogen (secondary N) is 1. The first-order valence-electron chi connectivity index (χ1n) is 6.31. The molecule has 19 heavy (non-hydrogen) atoms. The van der Waals surface area contributed by atoms with Crippen molar-refractivity contribution in [3.63, 3.8) is 0 Å². The van der Waals surface area contributed by atoms with E-state index in [2.05, 4.69) is 5.32 Å². The number of hydrogen-bond acceptors (Lipinski definition) is 2. The van der Waals surface area contributed by atoms with Crippen molar-refractivity contribution < 1.29 is 14.7 Å². The monoisotopic (exact) mass is 283 g/mol. The maximum absolute atomic E-state index is 11.6. The fourth-order valence-electron chi connectivity index (χ4n) is 1.68. The molecule has 104 valence electrons. The van der Waals surface area contributed by atoms with Gasteiger partial charge >= 0.3 is 5.97 Å². The molecule has 0 heterocycles. The van der Waals surface area contributed by atoms with Crippen LogP contribution in [0, 0.1) is 0 Å². The third-order valence-electron chi connectivity index (χ3n) is 2.70. The highest BCUT2D eigenvalue weighted by atomic mass is 35.5. The zero-order valence-corrected chi connectivity index (χ0v) is 11.4. The Bertz CT molecular complexity index is 434. The van der Waals surface area contributed by atoms with Gasteiger partial charge in [0.05, 0.1) is 6.42 Å². The largest absolute Gasteiger partial charge is 0.481 e. The highest BCUT2D eigenvalue weighted by molar-refractivity contribution is 6.31. The van der Waals surface area contributed by atoms with Gasteiger partial charge in [-0.3, -0.25) is 9.59 Å². The van der Waals surface area contributed by atoms with Crippen LogP contribution >= 0.6 is 11.6 Å². The SMILES string of the molecule is O=C(O)CCCCCNC(=O)Cc1ccccc1Cl. The Balaban J connectivity index is 2.15. The van der Waals surface area contributed by atoms with Crippen LogP contribution in [-0.4, -0.2) is 23.5 Å². The molecular formula is C14H18ClNO3. The van der Waals surface area contributed by atoms with Gasteiger partial charge in [-0.25, -0.2) is 0 Å². The molecule has 1 aromatic carbocycles. The standard InChI is InChI=1S/C14H18ClNO3/c15-12-7-4-3-6-11(12)10-13(17)16-9-5-1-2-8-14(18)19/h3-4,6-7H,1-2,5,8-10H2,(H,16,17)(H,18,19). The molecule has 0 aliphatic carbocycles. The molecule has 1 amide bonds. The minimum absolute atomic E-state index is 0.0636. The molecule has 0 fully saturated rings. The number of halogens is 1. The van der Waals surface area contributed by atoms with Crippen LogP contribution in [0.25, 0.3) is 0 Å². The molecule has 1 rings (SSSR count). The van der Waals surface area contributed by atoms with E-state index >= 15 is 0 Å². The van der Waals surface area contributed by atoms with E-state index in [0.29, 0.717) is 18.0 Å². The van der Waals surface area contributed by atoms with E-state index in [0.717, 1.165) is 18.4 Å². The van der Waals surface area contributed by atoms with Crippen LogP contribution in [0.2, 0.25) is 5.02 Å². The van der Waals surface area contributed by atoms with Crippen molar-refractivity contribution >= 4 is 23.5 Å². The molecule has 4 nitrogen and oxygen atoms in total. The Hall–Kier alpha value is -1.55. The number of rotatable bonds is 8. The van der Waals surface area contributed by atoms with Gasteiger partial charge in [0.2, 0.25) is 5.91 Å². The van der Waals surface area contributed by atoms with Crippen LogP contribution in [0.4, 0.5) is 0 Å². The summed E-state index contributed by atoms with van der Waals surface area (Å²) >= 11 is 5.96. The van der Waals surface area contributed by atoms with Crippen LogP contribution in [0.1, 0.15) is 31.2 Å². The Morgan fingerprint density at radius 3 is 2.58 bits per heavy atom. The first-order valence-corrected chi connectivity index (χ1v) is 6.69. The van der Waals surface area contributed by atoms with E-state index in [9.17, 15) is 9.59 Å². The summed E-state index contributed by atoms with van der Waals surface area (Å²) in [6, 6.07) is 7.26. The van der Waals surface area contributed by atoms with Gasteiger partial charge in [0.15, 0.2) is 0 Å². The minimum atomic E-state index is -0.775. The van der Waals surface area contributed by atoms with Crippen LogP contribution < -0.4 is 5.32 Å². The number of carboxylic acids is 1. The summed E-state index contributed by atoms with van der Waals surface area (Å²) in [4.78, 5) is 21.9. The van der Waals surface area contributed by atoms with Crippen LogP contribution in [-0.2, 0) is 16.0 Å². The fraction of sp³-hybridized carbons (Fsp3) is 0.429. The normalized spacial score (nSPS) is 10.2. The lowest BCUT2D eigenvalue weighted by atomic mass is 10.1. The number of carboxylic acid groups (broad SMARTS) is 1. The van der Waals surface area contributed by atoms with Crippen molar-refractivity contribution in [3.05, 3.63) is 34.9 Å². The lowest BCUT2D eigenvalue weighted by Crippen LogP contribution is -2.26. The second-order valence-corrected chi connectivity index (χ2v) is 4.73. The number of hydrogen-bond donors (Lipinski definition) is 2. The average Bonchev–Trinajstić information content (AvgIpc) is 2.36. The molecule has 2 N–H and O–H groups in total. The van der Waals surface area contributed by atoms with Gasteiger partial charge in [0.1, 0.15) is 0 Å². The Morgan fingerprint density at radius 2 is 1.89 bits per heavy atom. The Labute approximate surface area is 117 Å². The van der Waals surface area contributed by atoms with Crippen molar-refractivity contribution in [2.24, 2.45) is 0 Å². The highest BCUT2D eigenvalue weighted by Gasteiger charge is 2.05. The molecule has 0 spiro atoms. The van der Waals surface area contributed by atoms with Gasteiger partial charge in [-0.05, 0) is 24.5 Å². The smallest absolute Gasteiger partial charge is 0.303 e. The van der Waals surface area contributed by atoms with Crippen molar-refractivity contribution in [3.8, 4) is 0 Å². The van der Waals surface area contributed by atoms with Gasteiger partial charge in [-0.1, -0.05) is 36.2 Å². The molecule has 0 atom stereocenters.